The highest BCUT2D eigenvalue weighted by Gasteiger charge is 2.14. The molecule has 1 aromatic heterocycles. The molecule has 0 saturated heterocycles. The molecule has 0 aliphatic carbocycles. The minimum atomic E-state index is -0.368. The van der Waals surface area contributed by atoms with E-state index in [1.807, 2.05) is 6.92 Å². The summed E-state index contributed by atoms with van der Waals surface area (Å²) in [6, 6.07) is 5.71. The molecule has 3 nitrogen and oxygen atoms in total. The Bertz CT molecular complexity index is 642. The predicted molar refractivity (Wildman–Crippen MR) is 81.8 cm³/mol. The van der Waals surface area contributed by atoms with Crippen molar-refractivity contribution < 1.29 is 9.18 Å². The number of amides is 1. The summed E-state index contributed by atoms with van der Waals surface area (Å²) >= 11 is 9.16. The second-order valence-corrected chi connectivity index (χ2v) is 5.61. The Morgan fingerprint density at radius 1 is 1.45 bits per heavy atom. The molecule has 0 saturated carbocycles. The molecule has 106 valence electrons. The molecular weight excluding hydrogens is 347 g/mol. The summed E-state index contributed by atoms with van der Waals surface area (Å²) in [7, 11) is 0. The normalized spacial score (nSPS) is 10.6. The quantitative estimate of drug-likeness (QED) is 0.843. The third kappa shape index (κ3) is 3.41. The molecule has 2 rings (SSSR count). The number of carbonyl (C=O) groups is 1. The second kappa shape index (κ2) is 6.41. The fourth-order valence-electron chi connectivity index (χ4n) is 1.87. The van der Waals surface area contributed by atoms with E-state index in [0.717, 1.165) is 6.42 Å². The molecule has 1 N–H and O–H groups in total. The molecule has 0 unspecified atom stereocenters. The first kappa shape index (κ1) is 15.1. The molecule has 2 aromatic rings. The summed E-state index contributed by atoms with van der Waals surface area (Å²) in [4.78, 5) is 12.3. The average Bonchev–Trinajstić information content (AvgIpc) is 2.74. The standard InChI is InChI=1S/C14H13BrClFN2O/c1-2-5-19-8-9(16)6-13(19)14(20)18-12-4-3-10(17)7-11(12)15/h3-4,6-8H,2,5H2,1H3,(H,18,20). The van der Waals surface area contributed by atoms with Crippen molar-refractivity contribution in [2.45, 2.75) is 19.9 Å². The van der Waals surface area contributed by atoms with Gasteiger partial charge in [0, 0.05) is 17.2 Å². The van der Waals surface area contributed by atoms with Gasteiger partial charge in [-0.2, -0.15) is 0 Å². The van der Waals surface area contributed by atoms with Crippen LogP contribution in [-0.4, -0.2) is 10.5 Å². The van der Waals surface area contributed by atoms with Gasteiger partial charge in [-0.3, -0.25) is 4.79 Å². The van der Waals surface area contributed by atoms with Gasteiger partial charge in [0.1, 0.15) is 11.5 Å². The first-order chi connectivity index (χ1) is 9.51. The van der Waals surface area contributed by atoms with Gasteiger partial charge in [-0.25, -0.2) is 4.39 Å². The fourth-order valence-corrected chi connectivity index (χ4v) is 2.54. The molecule has 0 aliphatic rings. The third-order valence-corrected chi connectivity index (χ3v) is 3.60. The minimum Gasteiger partial charge on any atom is -0.342 e. The molecule has 0 fully saturated rings. The Morgan fingerprint density at radius 3 is 2.85 bits per heavy atom. The van der Waals surface area contributed by atoms with E-state index in [1.165, 1.54) is 18.2 Å². The van der Waals surface area contributed by atoms with Gasteiger partial charge < -0.3 is 9.88 Å². The van der Waals surface area contributed by atoms with Crippen molar-refractivity contribution in [1.82, 2.24) is 4.57 Å². The zero-order valence-corrected chi connectivity index (χ0v) is 13.1. The SMILES string of the molecule is CCCn1cc(Cl)cc1C(=O)Nc1ccc(F)cc1Br. The number of carbonyl (C=O) groups excluding carboxylic acids is 1. The lowest BCUT2D eigenvalue weighted by Crippen LogP contribution is -2.17. The van der Waals surface area contributed by atoms with Gasteiger partial charge in [0.15, 0.2) is 0 Å². The monoisotopic (exact) mass is 358 g/mol. The number of anilines is 1. The Balaban J connectivity index is 2.23. The lowest BCUT2D eigenvalue weighted by atomic mass is 10.3. The van der Waals surface area contributed by atoms with E-state index >= 15 is 0 Å². The van der Waals surface area contributed by atoms with Gasteiger partial charge in [-0.05, 0) is 46.6 Å². The van der Waals surface area contributed by atoms with Gasteiger partial charge in [0.05, 0.1) is 10.7 Å². The van der Waals surface area contributed by atoms with Crippen molar-refractivity contribution in [2.24, 2.45) is 0 Å². The molecule has 20 heavy (non-hydrogen) atoms. The Labute approximate surface area is 129 Å². The number of aryl methyl sites for hydroxylation is 1. The number of halogens is 3. The lowest BCUT2D eigenvalue weighted by molar-refractivity contribution is 0.101. The largest absolute Gasteiger partial charge is 0.342 e. The van der Waals surface area contributed by atoms with Crippen LogP contribution in [-0.2, 0) is 6.54 Å². The average molecular weight is 360 g/mol. The number of rotatable bonds is 4. The van der Waals surface area contributed by atoms with Crippen molar-refractivity contribution in [3.8, 4) is 0 Å². The van der Waals surface area contributed by atoms with Gasteiger partial charge in [-0.1, -0.05) is 18.5 Å². The van der Waals surface area contributed by atoms with Gasteiger partial charge in [0.2, 0.25) is 0 Å². The molecule has 1 aromatic carbocycles. The van der Waals surface area contributed by atoms with Crippen LogP contribution in [0.3, 0.4) is 0 Å². The molecule has 6 heteroatoms. The summed E-state index contributed by atoms with van der Waals surface area (Å²) in [5.74, 6) is -0.648. The van der Waals surface area contributed by atoms with E-state index in [-0.39, 0.29) is 11.7 Å². The molecule has 0 atom stereocenters. The van der Waals surface area contributed by atoms with Crippen LogP contribution in [0.4, 0.5) is 10.1 Å². The number of aromatic nitrogens is 1. The van der Waals surface area contributed by atoms with Crippen molar-refractivity contribution in [1.29, 1.82) is 0 Å². The minimum absolute atomic E-state index is 0.280. The van der Waals surface area contributed by atoms with Gasteiger partial charge in [0.25, 0.3) is 5.91 Å². The van der Waals surface area contributed by atoms with Crippen LogP contribution in [0.5, 0.6) is 0 Å². The zero-order valence-electron chi connectivity index (χ0n) is 10.8. The van der Waals surface area contributed by atoms with E-state index < -0.39 is 0 Å². The van der Waals surface area contributed by atoms with Crippen LogP contribution in [0.1, 0.15) is 23.8 Å². The first-order valence-corrected chi connectivity index (χ1v) is 7.30. The Morgan fingerprint density at radius 2 is 2.20 bits per heavy atom. The Kier molecular flexibility index (Phi) is 4.83. The number of benzene rings is 1. The first-order valence-electron chi connectivity index (χ1n) is 6.13. The Hall–Kier alpha value is -1.33. The summed E-state index contributed by atoms with van der Waals surface area (Å²) in [5, 5.41) is 3.25. The van der Waals surface area contributed by atoms with Gasteiger partial charge in [-0.15, -0.1) is 0 Å². The smallest absolute Gasteiger partial charge is 0.272 e. The molecule has 0 spiro atoms. The maximum atomic E-state index is 13.0. The molecule has 0 aliphatic heterocycles. The van der Waals surface area contributed by atoms with Crippen LogP contribution in [0.25, 0.3) is 0 Å². The molecule has 0 radical (unpaired) electrons. The van der Waals surface area contributed by atoms with Crippen molar-refractivity contribution >= 4 is 39.1 Å². The molecular formula is C14H13BrClFN2O. The number of nitrogens with one attached hydrogen (secondary N) is 1. The number of hydrogen-bond acceptors (Lipinski definition) is 1. The van der Waals surface area contributed by atoms with E-state index in [2.05, 4.69) is 21.2 Å². The van der Waals surface area contributed by atoms with Crippen LogP contribution < -0.4 is 5.32 Å². The summed E-state index contributed by atoms with van der Waals surface area (Å²) in [5.41, 5.74) is 0.991. The van der Waals surface area contributed by atoms with Crippen LogP contribution in [0.2, 0.25) is 5.02 Å². The molecule has 0 bridgehead atoms. The number of hydrogen-bond donors (Lipinski definition) is 1. The highest BCUT2D eigenvalue weighted by molar-refractivity contribution is 9.10. The van der Waals surface area contributed by atoms with Crippen molar-refractivity contribution in [2.75, 3.05) is 5.32 Å². The topological polar surface area (TPSA) is 34.0 Å². The van der Waals surface area contributed by atoms with E-state index in [1.54, 1.807) is 16.8 Å². The van der Waals surface area contributed by atoms with E-state index in [4.69, 9.17) is 11.6 Å². The van der Waals surface area contributed by atoms with E-state index in [9.17, 15) is 9.18 Å². The highest BCUT2D eigenvalue weighted by atomic mass is 79.9. The highest BCUT2D eigenvalue weighted by Crippen LogP contribution is 2.24. The van der Waals surface area contributed by atoms with Crippen molar-refractivity contribution in [3.63, 3.8) is 0 Å². The third-order valence-electron chi connectivity index (χ3n) is 2.74. The number of nitrogens with zero attached hydrogens (tertiary/aromatic N) is 1. The molecule has 1 heterocycles. The summed E-state index contributed by atoms with van der Waals surface area (Å²) in [6.07, 6.45) is 2.62. The van der Waals surface area contributed by atoms with Crippen LogP contribution >= 0.6 is 27.5 Å². The van der Waals surface area contributed by atoms with Crippen LogP contribution in [0, 0.1) is 5.82 Å². The maximum absolute atomic E-state index is 13.0. The van der Waals surface area contributed by atoms with Crippen molar-refractivity contribution in [3.05, 3.63) is 51.5 Å². The maximum Gasteiger partial charge on any atom is 0.272 e. The van der Waals surface area contributed by atoms with Gasteiger partial charge >= 0.3 is 0 Å². The summed E-state index contributed by atoms with van der Waals surface area (Å²) in [6.45, 7) is 2.73. The van der Waals surface area contributed by atoms with Crippen LogP contribution in [0.15, 0.2) is 34.9 Å². The molecule has 1 amide bonds. The fraction of sp³-hybridized carbons (Fsp3) is 0.214. The second-order valence-electron chi connectivity index (χ2n) is 4.32. The van der Waals surface area contributed by atoms with E-state index in [0.29, 0.717) is 27.4 Å². The predicted octanol–water partition coefficient (Wildman–Crippen LogP) is 4.71. The lowest BCUT2D eigenvalue weighted by Gasteiger charge is -2.10. The zero-order chi connectivity index (χ0) is 14.7. The summed E-state index contributed by atoms with van der Waals surface area (Å²) < 4.78 is 15.3.